The third-order valence-corrected chi connectivity index (χ3v) is 2.20. The molecule has 0 saturated heterocycles. The molecule has 0 saturated carbocycles. The van der Waals surface area contributed by atoms with Crippen LogP contribution in [0.4, 0.5) is 0 Å². The molecule has 1 rings (SSSR count). The minimum absolute atomic E-state index is 0.132. The Morgan fingerprint density at radius 3 is 2.87 bits per heavy atom. The number of hydrogen-bond donors (Lipinski definition) is 0. The zero-order chi connectivity index (χ0) is 11.1. The van der Waals surface area contributed by atoms with Crippen LogP contribution in [0.5, 0.6) is 0 Å². The number of carbonyl (C=O) groups is 1. The smallest absolute Gasteiger partial charge is 0.165 e. The van der Waals surface area contributed by atoms with Gasteiger partial charge in [-0.15, -0.1) is 0 Å². The molecule has 1 aromatic rings. The molecule has 82 valence electrons. The van der Waals surface area contributed by atoms with Crippen LogP contribution in [-0.4, -0.2) is 23.5 Å². The van der Waals surface area contributed by atoms with E-state index in [1.807, 2.05) is 26.0 Å². The molecule has 0 aliphatic rings. The number of nitrogens with zero attached hydrogens (tertiary/aromatic N) is 1. The van der Waals surface area contributed by atoms with Crippen molar-refractivity contribution in [2.45, 2.75) is 32.8 Å². The molecule has 0 bridgehead atoms. The van der Waals surface area contributed by atoms with Crippen molar-refractivity contribution in [3.8, 4) is 0 Å². The number of carbonyl (C=O) groups excluding carboxylic acids is 1. The van der Waals surface area contributed by atoms with Gasteiger partial charge in [0.1, 0.15) is 6.10 Å². The Morgan fingerprint density at radius 1 is 1.53 bits per heavy atom. The third-order valence-electron chi connectivity index (χ3n) is 2.20. The monoisotopic (exact) mass is 207 g/mol. The van der Waals surface area contributed by atoms with E-state index in [0.29, 0.717) is 13.0 Å². The van der Waals surface area contributed by atoms with Gasteiger partial charge in [-0.05, 0) is 25.0 Å². The Morgan fingerprint density at radius 2 is 2.33 bits per heavy atom. The van der Waals surface area contributed by atoms with E-state index >= 15 is 0 Å². The molecule has 0 fully saturated rings. The highest BCUT2D eigenvalue weighted by molar-refractivity contribution is 5.85. The van der Waals surface area contributed by atoms with Crippen LogP contribution < -0.4 is 0 Å². The Hall–Kier alpha value is -1.22. The van der Waals surface area contributed by atoms with Crippen LogP contribution >= 0.6 is 0 Å². The summed E-state index contributed by atoms with van der Waals surface area (Å²) in [6.45, 7) is 4.44. The van der Waals surface area contributed by atoms with Crippen molar-refractivity contribution in [1.82, 2.24) is 4.98 Å². The van der Waals surface area contributed by atoms with E-state index in [1.54, 1.807) is 12.4 Å². The summed E-state index contributed by atoms with van der Waals surface area (Å²) < 4.78 is 5.36. The van der Waals surface area contributed by atoms with Crippen molar-refractivity contribution >= 4 is 5.78 Å². The molecule has 0 amide bonds. The summed E-state index contributed by atoms with van der Waals surface area (Å²) in [7, 11) is 0. The van der Waals surface area contributed by atoms with Gasteiger partial charge in [0.25, 0.3) is 0 Å². The van der Waals surface area contributed by atoms with E-state index in [4.69, 9.17) is 4.74 Å². The second-order valence-electron chi connectivity index (χ2n) is 3.36. The van der Waals surface area contributed by atoms with Crippen LogP contribution in [-0.2, 0) is 16.0 Å². The number of Topliss-reactive ketones (excluding diaryl/α,β-unsaturated/α-hetero) is 1. The Labute approximate surface area is 90.5 Å². The SMILES string of the molecule is CCOC(CC)C(=O)Cc1cccnc1. The van der Waals surface area contributed by atoms with Gasteiger partial charge in [-0.25, -0.2) is 0 Å². The maximum atomic E-state index is 11.8. The second-order valence-corrected chi connectivity index (χ2v) is 3.36. The second kappa shape index (κ2) is 6.30. The molecule has 3 heteroatoms. The molecule has 3 nitrogen and oxygen atoms in total. The number of ether oxygens (including phenoxy) is 1. The molecule has 0 N–H and O–H groups in total. The molecule has 15 heavy (non-hydrogen) atoms. The van der Waals surface area contributed by atoms with Crippen LogP contribution in [0.15, 0.2) is 24.5 Å². The van der Waals surface area contributed by atoms with E-state index in [-0.39, 0.29) is 11.9 Å². The molecule has 0 aromatic carbocycles. The maximum Gasteiger partial charge on any atom is 0.165 e. The fourth-order valence-corrected chi connectivity index (χ4v) is 1.46. The molecule has 1 heterocycles. The first-order chi connectivity index (χ1) is 7.27. The van der Waals surface area contributed by atoms with E-state index in [9.17, 15) is 4.79 Å². The third kappa shape index (κ3) is 3.80. The predicted octanol–water partition coefficient (Wildman–Crippen LogP) is 2.01. The number of aromatic nitrogens is 1. The summed E-state index contributed by atoms with van der Waals surface area (Å²) in [5.41, 5.74) is 0.945. The van der Waals surface area contributed by atoms with Gasteiger partial charge in [-0.2, -0.15) is 0 Å². The average Bonchev–Trinajstić information content (AvgIpc) is 2.27. The normalized spacial score (nSPS) is 12.4. The van der Waals surface area contributed by atoms with E-state index in [1.165, 1.54) is 0 Å². The van der Waals surface area contributed by atoms with Crippen LogP contribution in [0.2, 0.25) is 0 Å². The first-order valence-electron chi connectivity index (χ1n) is 5.31. The van der Waals surface area contributed by atoms with Gasteiger partial charge in [-0.1, -0.05) is 13.0 Å². The summed E-state index contributed by atoms with van der Waals surface area (Å²) in [6.07, 6.45) is 4.29. The van der Waals surface area contributed by atoms with Crippen LogP contribution in [0.25, 0.3) is 0 Å². The Balaban J connectivity index is 2.54. The molecular formula is C12H17NO2. The molecule has 0 spiro atoms. The molecule has 0 aliphatic carbocycles. The van der Waals surface area contributed by atoms with Gasteiger partial charge < -0.3 is 4.74 Å². The summed E-state index contributed by atoms with van der Waals surface area (Å²) >= 11 is 0. The van der Waals surface area contributed by atoms with E-state index in [2.05, 4.69) is 4.98 Å². The molecule has 0 radical (unpaired) electrons. The largest absolute Gasteiger partial charge is 0.371 e. The first-order valence-corrected chi connectivity index (χ1v) is 5.31. The highest BCUT2D eigenvalue weighted by atomic mass is 16.5. The zero-order valence-electron chi connectivity index (χ0n) is 9.27. The molecular weight excluding hydrogens is 190 g/mol. The van der Waals surface area contributed by atoms with E-state index < -0.39 is 0 Å². The fraction of sp³-hybridized carbons (Fsp3) is 0.500. The molecule has 1 atom stereocenters. The predicted molar refractivity (Wildman–Crippen MR) is 58.7 cm³/mol. The topological polar surface area (TPSA) is 39.2 Å². The van der Waals surface area contributed by atoms with Crippen LogP contribution in [0.1, 0.15) is 25.8 Å². The van der Waals surface area contributed by atoms with E-state index in [0.717, 1.165) is 12.0 Å². The quantitative estimate of drug-likeness (QED) is 0.716. The molecule has 1 unspecified atom stereocenters. The zero-order valence-corrected chi connectivity index (χ0v) is 9.27. The van der Waals surface area contributed by atoms with Gasteiger partial charge in [-0.3, -0.25) is 9.78 Å². The Bertz CT molecular complexity index is 298. The maximum absolute atomic E-state index is 11.8. The minimum atomic E-state index is -0.268. The summed E-state index contributed by atoms with van der Waals surface area (Å²) in [5, 5.41) is 0. The lowest BCUT2D eigenvalue weighted by Crippen LogP contribution is -2.25. The summed E-state index contributed by atoms with van der Waals surface area (Å²) in [6, 6.07) is 3.74. The number of hydrogen-bond acceptors (Lipinski definition) is 3. The fourth-order valence-electron chi connectivity index (χ4n) is 1.46. The average molecular weight is 207 g/mol. The first kappa shape index (κ1) is 11.9. The minimum Gasteiger partial charge on any atom is -0.371 e. The van der Waals surface area contributed by atoms with Gasteiger partial charge in [0.05, 0.1) is 0 Å². The van der Waals surface area contributed by atoms with Gasteiger partial charge in [0.2, 0.25) is 0 Å². The standard InChI is InChI=1S/C12H17NO2/c1-3-12(15-4-2)11(14)8-10-6-5-7-13-9-10/h5-7,9,12H,3-4,8H2,1-2H3. The van der Waals surface area contributed by atoms with Crippen molar-refractivity contribution in [3.63, 3.8) is 0 Å². The van der Waals surface area contributed by atoms with Gasteiger partial charge >= 0.3 is 0 Å². The van der Waals surface area contributed by atoms with Crippen molar-refractivity contribution in [3.05, 3.63) is 30.1 Å². The lowest BCUT2D eigenvalue weighted by molar-refractivity contribution is -0.129. The van der Waals surface area contributed by atoms with Gasteiger partial charge in [0, 0.05) is 25.4 Å². The summed E-state index contributed by atoms with van der Waals surface area (Å²) in [4.78, 5) is 15.8. The van der Waals surface area contributed by atoms with Crippen molar-refractivity contribution in [2.75, 3.05) is 6.61 Å². The Kier molecular flexibility index (Phi) is 4.98. The lowest BCUT2D eigenvalue weighted by Gasteiger charge is -2.13. The van der Waals surface area contributed by atoms with Crippen LogP contribution in [0.3, 0.4) is 0 Å². The summed E-state index contributed by atoms with van der Waals surface area (Å²) in [5.74, 6) is 0.132. The number of rotatable bonds is 6. The molecule has 1 aromatic heterocycles. The molecule has 0 aliphatic heterocycles. The van der Waals surface area contributed by atoms with Gasteiger partial charge in [0.15, 0.2) is 5.78 Å². The highest BCUT2D eigenvalue weighted by Gasteiger charge is 2.16. The van der Waals surface area contributed by atoms with Crippen molar-refractivity contribution < 1.29 is 9.53 Å². The van der Waals surface area contributed by atoms with Crippen molar-refractivity contribution in [1.29, 1.82) is 0 Å². The highest BCUT2D eigenvalue weighted by Crippen LogP contribution is 2.05. The number of ketones is 1. The van der Waals surface area contributed by atoms with Crippen LogP contribution in [0, 0.1) is 0 Å². The lowest BCUT2D eigenvalue weighted by atomic mass is 10.1. The van der Waals surface area contributed by atoms with Crippen molar-refractivity contribution in [2.24, 2.45) is 0 Å². The number of pyridine rings is 1.